The van der Waals surface area contributed by atoms with Crippen molar-refractivity contribution in [3.63, 3.8) is 0 Å². The molecule has 2 N–H and O–H groups in total. The predicted molar refractivity (Wildman–Crippen MR) is 34.9 cm³/mol. The molecular formula is C6H11FN2O. The average molecular weight is 146 g/mol. The van der Waals surface area contributed by atoms with Crippen LogP contribution >= 0.6 is 0 Å². The van der Waals surface area contributed by atoms with E-state index < -0.39 is 12.1 Å². The van der Waals surface area contributed by atoms with Gasteiger partial charge in [-0.05, 0) is 0 Å². The molecule has 0 aromatic rings. The van der Waals surface area contributed by atoms with Crippen LogP contribution < -0.4 is 0 Å². The molecule has 10 heavy (non-hydrogen) atoms. The van der Waals surface area contributed by atoms with Gasteiger partial charge in [-0.25, -0.2) is 5.06 Å². The van der Waals surface area contributed by atoms with Gasteiger partial charge in [0.05, 0.1) is 13.2 Å². The van der Waals surface area contributed by atoms with Crippen LogP contribution in [0.15, 0.2) is 0 Å². The number of nitrogens with zero attached hydrogens (tertiary/aromatic N) is 1. The summed E-state index contributed by atoms with van der Waals surface area (Å²) in [5, 5.41) is 16.8. The summed E-state index contributed by atoms with van der Waals surface area (Å²) in [6, 6.07) is 0. The Kier molecular flexibility index (Phi) is 1.64. The van der Waals surface area contributed by atoms with Crippen molar-refractivity contribution in [1.29, 1.82) is 5.41 Å². The monoisotopic (exact) mass is 146 g/mol. The van der Waals surface area contributed by atoms with Gasteiger partial charge in [-0.15, -0.1) is 0 Å². The Hall–Kier alpha value is -0.640. The molecule has 0 bridgehead atoms. The number of alkyl halides is 1. The van der Waals surface area contributed by atoms with E-state index in [-0.39, 0.29) is 12.4 Å². The maximum Gasteiger partial charge on any atom is 0.121 e. The summed E-state index contributed by atoms with van der Waals surface area (Å²) in [6.07, 6.45) is 0.333. The topological polar surface area (TPSA) is 47.3 Å². The van der Waals surface area contributed by atoms with E-state index in [1.807, 2.05) is 0 Å². The van der Waals surface area contributed by atoms with Crippen molar-refractivity contribution < 1.29 is 9.60 Å². The summed E-state index contributed by atoms with van der Waals surface area (Å²) < 4.78 is 12.2. The van der Waals surface area contributed by atoms with Crippen molar-refractivity contribution in [3.8, 4) is 0 Å². The number of amidine groups is 1. The van der Waals surface area contributed by atoms with Gasteiger partial charge in [-0.1, -0.05) is 6.92 Å². The molecule has 0 aromatic carbocycles. The lowest BCUT2D eigenvalue weighted by Gasteiger charge is -2.16. The maximum atomic E-state index is 12.2. The number of halogens is 1. The first-order valence-corrected chi connectivity index (χ1v) is 3.17. The van der Waals surface area contributed by atoms with E-state index in [4.69, 9.17) is 10.6 Å². The Morgan fingerprint density at radius 2 is 2.50 bits per heavy atom. The Balaban J connectivity index is 2.64. The summed E-state index contributed by atoms with van der Waals surface area (Å²) in [7, 11) is 0. The summed E-state index contributed by atoms with van der Waals surface area (Å²) in [5.74, 6) is 0.111. The molecule has 58 valence electrons. The molecule has 1 rings (SSSR count). The van der Waals surface area contributed by atoms with Gasteiger partial charge >= 0.3 is 0 Å². The van der Waals surface area contributed by atoms with Crippen molar-refractivity contribution in [2.75, 3.05) is 13.2 Å². The van der Waals surface area contributed by atoms with E-state index in [2.05, 4.69) is 0 Å². The molecule has 0 radical (unpaired) electrons. The van der Waals surface area contributed by atoms with Crippen LogP contribution in [0.4, 0.5) is 4.39 Å². The fourth-order valence-electron chi connectivity index (χ4n) is 1.10. The molecule has 0 amide bonds. The number of rotatable bonds is 1. The average Bonchev–Trinajstić information content (AvgIpc) is 2.10. The van der Waals surface area contributed by atoms with Crippen molar-refractivity contribution in [2.24, 2.45) is 5.41 Å². The zero-order valence-corrected chi connectivity index (χ0v) is 5.89. The van der Waals surface area contributed by atoms with Crippen LogP contribution in [0.1, 0.15) is 13.3 Å². The molecule has 3 nitrogen and oxygen atoms in total. The number of hydrogen-bond acceptors (Lipinski definition) is 2. The van der Waals surface area contributed by atoms with Gasteiger partial charge < -0.3 is 0 Å². The largest absolute Gasteiger partial charge is 0.287 e. The zero-order valence-electron chi connectivity index (χ0n) is 5.89. The smallest absolute Gasteiger partial charge is 0.121 e. The summed E-state index contributed by atoms with van der Waals surface area (Å²) in [4.78, 5) is 0. The van der Waals surface area contributed by atoms with Gasteiger partial charge in [0.2, 0.25) is 0 Å². The van der Waals surface area contributed by atoms with Gasteiger partial charge in [-0.3, -0.25) is 15.0 Å². The minimum Gasteiger partial charge on any atom is -0.287 e. The second-order valence-electron chi connectivity index (χ2n) is 3.13. The standard InChI is InChI=1S/C6H11FN2O/c1-6(3-7)2-5(8)9(10)4-6/h8,10H,2-4H2,1H3. The zero-order chi connectivity index (χ0) is 7.78. The van der Waals surface area contributed by atoms with Crippen molar-refractivity contribution in [3.05, 3.63) is 0 Å². The third-order valence-electron chi connectivity index (χ3n) is 1.76. The molecule has 1 aliphatic heterocycles. The van der Waals surface area contributed by atoms with Gasteiger partial charge in [0.1, 0.15) is 5.84 Å². The van der Waals surface area contributed by atoms with Crippen molar-refractivity contribution in [2.45, 2.75) is 13.3 Å². The first-order valence-electron chi connectivity index (χ1n) is 3.17. The van der Waals surface area contributed by atoms with Crippen LogP contribution in [-0.4, -0.2) is 29.3 Å². The van der Waals surface area contributed by atoms with E-state index in [0.717, 1.165) is 5.06 Å². The Bertz CT molecular complexity index is 162. The highest BCUT2D eigenvalue weighted by Gasteiger charge is 2.36. The summed E-state index contributed by atoms with van der Waals surface area (Å²) in [6.45, 7) is 1.48. The first-order chi connectivity index (χ1) is 4.57. The molecule has 1 aliphatic rings. The van der Waals surface area contributed by atoms with Gasteiger partial charge in [0.15, 0.2) is 0 Å². The molecule has 4 heteroatoms. The second-order valence-corrected chi connectivity index (χ2v) is 3.13. The normalized spacial score (nSPS) is 33.5. The van der Waals surface area contributed by atoms with Crippen LogP contribution in [-0.2, 0) is 0 Å². The minimum absolute atomic E-state index is 0.111. The van der Waals surface area contributed by atoms with Gasteiger partial charge in [0, 0.05) is 11.8 Å². The molecule has 1 heterocycles. The predicted octanol–water partition coefficient (Wildman–Crippen LogP) is 1.03. The van der Waals surface area contributed by atoms with Crippen LogP contribution in [0.25, 0.3) is 0 Å². The Labute approximate surface area is 58.9 Å². The third kappa shape index (κ3) is 1.11. The number of hydroxylamine groups is 2. The van der Waals surface area contributed by atoms with E-state index in [9.17, 15) is 4.39 Å². The van der Waals surface area contributed by atoms with Crippen LogP contribution in [0.2, 0.25) is 0 Å². The molecular weight excluding hydrogens is 135 g/mol. The van der Waals surface area contributed by atoms with Crippen LogP contribution in [0.3, 0.4) is 0 Å². The molecule has 0 aliphatic carbocycles. The van der Waals surface area contributed by atoms with Crippen LogP contribution in [0.5, 0.6) is 0 Å². The molecule has 0 aromatic heterocycles. The molecule has 1 atom stereocenters. The molecule has 0 saturated carbocycles. The Morgan fingerprint density at radius 3 is 2.70 bits per heavy atom. The third-order valence-corrected chi connectivity index (χ3v) is 1.76. The molecule has 1 saturated heterocycles. The quantitative estimate of drug-likeness (QED) is 0.580. The Morgan fingerprint density at radius 1 is 1.90 bits per heavy atom. The lowest BCUT2D eigenvalue weighted by Crippen LogP contribution is -2.24. The minimum atomic E-state index is -0.536. The van der Waals surface area contributed by atoms with E-state index in [0.29, 0.717) is 6.42 Å². The lowest BCUT2D eigenvalue weighted by atomic mass is 9.92. The highest BCUT2D eigenvalue weighted by molar-refractivity contribution is 5.80. The van der Waals surface area contributed by atoms with E-state index in [1.54, 1.807) is 6.92 Å². The van der Waals surface area contributed by atoms with E-state index in [1.165, 1.54) is 0 Å². The number of nitrogens with one attached hydrogen (secondary N) is 1. The SMILES string of the molecule is CC1(CF)CC(=N)N(O)C1. The molecule has 1 unspecified atom stereocenters. The van der Waals surface area contributed by atoms with Gasteiger partial charge in [0.25, 0.3) is 0 Å². The van der Waals surface area contributed by atoms with Crippen molar-refractivity contribution in [1.82, 2.24) is 5.06 Å². The molecule has 0 spiro atoms. The highest BCUT2D eigenvalue weighted by atomic mass is 19.1. The second kappa shape index (κ2) is 2.20. The van der Waals surface area contributed by atoms with Crippen LogP contribution in [0, 0.1) is 10.8 Å². The first kappa shape index (κ1) is 7.47. The fraction of sp³-hybridized carbons (Fsp3) is 0.833. The maximum absolute atomic E-state index is 12.2. The van der Waals surface area contributed by atoms with Gasteiger partial charge in [-0.2, -0.15) is 0 Å². The summed E-state index contributed by atoms with van der Waals surface area (Å²) >= 11 is 0. The van der Waals surface area contributed by atoms with E-state index >= 15 is 0 Å². The lowest BCUT2D eigenvalue weighted by molar-refractivity contribution is -0.0247. The highest BCUT2D eigenvalue weighted by Crippen LogP contribution is 2.29. The number of hydrogen-bond donors (Lipinski definition) is 2. The summed E-state index contributed by atoms with van der Waals surface area (Å²) in [5.41, 5.74) is -0.536. The van der Waals surface area contributed by atoms with Crippen molar-refractivity contribution >= 4 is 5.84 Å². The fourth-order valence-corrected chi connectivity index (χ4v) is 1.10. The molecule has 1 fully saturated rings.